The maximum absolute atomic E-state index is 3.84. The van der Waals surface area contributed by atoms with Crippen LogP contribution in [0.4, 0.5) is 0 Å². The molecule has 0 atom stereocenters. The smallest absolute Gasteiger partial charge is 0.0786 e. The predicted octanol–water partition coefficient (Wildman–Crippen LogP) is 5.56. The van der Waals surface area contributed by atoms with Crippen molar-refractivity contribution in [2.24, 2.45) is 0 Å². The maximum Gasteiger partial charge on any atom is 0.0786 e. The molecule has 0 N–H and O–H groups in total. The normalized spacial score (nSPS) is 11.7. The SMILES string of the molecule is C=CCCCC[N+](CCCC)(CCCC)CCCC. The van der Waals surface area contributed by atoms with Crippen LogP contribution >= 0.6 is 0 Å². The summed E-state index contributed by atoms with van der Waals surface area (Å²) in [5.41, 5.74) is 0. The van der Waals surface area contributed by atoms with E-state index < -0.39 is 0 Å². The number of rotatable bonds is 14. The number of hydrogen-bond donors (Lipinski definition) is 0. The first-order valence-electron chi connectivity index (χ1n) is 8.70. The lowest BCUT2D eigenvalue weighted by Gasteiger charge is -2.39. The zero-order valence-corrected chi connectivity index (χ0v) is 13.9. The van der Waals surface area contributed by atoms with Crippen molar-refractivity contribution in [2.45, 2.75) is 78.6 Å². The second kappa shape index (κ2) is 12.7. The van der Waals surface area contributed by atoms with E-state index in [0.717, 1.165) is 0 Å². The Morgan fingerprint density at radius 3 is 1.47 bits per heavy atom. The molecule has 0 saturated carbocycles. The van der Waals surface area contributed by atoms with Crippen molar-refractivity contribution in [3.8, 4) is 0 Å². The van der Waals surface area contributed by atoms with E-state index in [1.54, 1.807) is 0 Å². The second-order valence-corrected chi connectivity index (χ2v) is 6.08. The quantitative estimate of drug-likeness (QED) is 0.220. The third-order valence-corrected chi connectivity index (χ3v) is 4.25. The molecule has 0 aromatic rings. The molecule has 0 amide bonds. The van der Waals surface area contributed by atoms with Gasteiger partial charge in [-0.25, -0.2) is 0 Å². The number of hydrogen-bond acceptors (Lipinski definition) is 0. The predicted molar refractivity (Wildman–Crippen MR) is 88.5 cm³/mol. The van der Waals surface area contributed by atoms with Crippen molar-refractivity contribution in [1.82, 2.24) is 0 Å². The molecule has 0 radical (unpaired) electrons. The van der Waals surface area contributed by atoms with E-state index in [2.05, 4.69) is 33.4 Å². The lowest BCUT2D eigenvalue weighted by atomic mass is 10.1. The van der Waals surface area contributed by atoms with Gasteiger partial charge in [-0.3, -0.25) is 0 Å². The molecule has 0 unspecified atom stereocenters. The van der Waals surface area contributed by atoms with Gasteiger partial charge in [-0.15, -0.1) is 6.58 Å². The highest BCUT2D eigenvalue weighted by Gasteiger charge is 2.24. The molecule has 0 aromatic heterocycles. The fourth-order valence-corrected chi connectivity index (χ4v) is 2.89. The molecule has 0 fully saturated rings. The zero-order chi connectivity index (χ0) is 14.4. The molecule has 1 heteroatoms. The first-order chi connectivity index (χ1) is 9.24. The minimum Gasteiger partial charge on any atom is -0.324 e. The monoisotopic (exact) mass is 268 g/mol. The summed E-state index contributed by atoms with van der Waals surface area (Å²) in [6.07, 6.45) is 14.2. The Kier molecular flexibility index (Phi) is 12.5. The first-order valence-corrected chi connectivity index (χ1v) is 8.70. The topological polar surface area (TPSA) is 0 Å². The molecule has 0 heterocycles. The van der Waals surface area contributed by atoms with Gasteiger partial charge in [0.1, 0.15) is 0 Å². The minimum absolute atomic E-state index is 1.19. The van der Waals surface area contributed by atoms with E-state index in [0.29, 0.717) is 0 Å². The van der Waals surface area contributed by atoms with Crippen LogP contribution in [0.2, 0.25) is 0 Å². The number of allylic oxidation sites excluding steroid dienone is 1. The highest BCUT2D eigenvalue weighted by atomic mass is 15.3. The summed E-state index contributed by atoms with van der Waals surface area (Å²) in [4.78, 5) is 0. The van der Waals surface area contributed by atoms with Crippen molar-refractivity contribution in [3.63, 3.8) is 0 Å². The van der Waals surface area contributed by atoms with Crippen molar-refractivity contribution >= 4 is 0 Å². The molecule has 0 rings (SSSR count). The Bertz CT molecular complexity index is 176. The van der Waals surface area contributed by atoms with Crippen LogP contribution in [0.1, 0.15) is 78.6 Å². The molecule has 114 valence electrons. The standard InChI is InChI=1S/C18H38N/c1-5-9-13-14-18-19(15-10-6-2,16-11-7-3)17-12-8-4/h5H,1,6-18H2,2-4H3/q+1. The summed E-state index contributed by atoms with van der Waals surface area (Å²) in [7, 11) is 0. The van der Waals surface area contributed by atoms with Crippen LogP contribution < -0.4 is 0 Å². The van der Waals surface area contributed by atoms with Gasteiger partial charge in [0.25, 0.3) is 0 Å². The molecule has 0 aromatic carbocycles. The number of nitrogens with zero attached hydrogens (tertiary/aromatic N) is 1. The summed E-state index contributed by atoms with van der Waals surface area (Å²) in [5, 5.41) is 0. The van der Waals surface area contributed by atoms with E-state index in [-0.39, 0.29) is 0 Å². The lowest BCUT2D eigenvalue weighted by Crippen LogP contribution is -2.50. The van der Waals surface area contributed by atoms with Crippen LogP contribution in [0.25, 0.3) is 0 Å². The van der Waals surface area contributed by atoms with Gasteiger partial charge in [-0.05, 0) is 38.5 Å². The largest absolute Gasteiger partial charge is 0.324 e. The van der Waals surface area contributed by atoms with Crippen LogP contribution in [0, 0.1) is 0 Å². The highest BCUT2D eigenvalue weighted by Crippen LogP contribution is 2.17. The van der Waals surface area contributed by atoms with Crippen molar-refractivity contribution in [2.75, 3.05) is 26.2 Å². The maximum atomic E-state index is 3.84. The Labute approximate surface area is 122 Å². The first kappa shape index (κ1) is 18.7. The molecule has 0 aliphatic rings. The van der Waals surface area contributed by atoms with Gasteiger partial charge in [-0.1, -0.05) is 46.1 Å². The highest BCUT2D eigenvalue weighted by molar-refractivity contribution is 4.65. The molecule has 0 bridgehead atoms. The average molecular weight is 269 g/mol. The zero-order valence-electron chi connectivity index (χ0n) is 13.9. The molecular weight excluding hydrogens is 230 g/mol. The van der Waals surface area contributed by atoms with E-state index in [4.69, 9.17) is 0 Å². The fourth-order valence-electron chi connectivity index (χ4n) is 2.89. The summed E-state index contributed by atoms with van der Waals surface area (Å²) in [6, 6.07) is 0. The summed E-state index contributed by atoms with van der Waals surface area (Å²) >= 11 is 0. The number of quaternary nitrogens is 1. The van der Waals surface area contributed by atoms with Crippen LogP contribution in [-0.2, 0) is 0 Å². The molecule has 0 saturated heterocycles. The van der Waals surface area contributed by atoms with Gasteiger partial charge in [0.05, 0.1) is 26.2 Å². The van der Waals surface area contributed by atoms with Gasteiger partial charge in [0.15, 0.2) is 0 Å². The molecule has 0 aliphatic carbocycles. The summed E-state index contributed by atoms with van der Waals surface area (Å²) in [5.74, 6) is 0. The lowest BCUT2D eigenvalue weighted by molar-refractivity contribution is -0.929. The fraction of sp³-hybridized carbons (Fsp3) is 0.889. The Morgan fingerprint density at radius 1 is 0.684 bits per heavy atom. The van der Waals surface area contributed by atoms with Crippen LogP contribution in [0.5, 0.6) is 0 Å². The van der Waals surface area contributed by atoms with Crippen LogP contribution in [0.15, 0.2) is 12.7 Å². The molecule has 0 spiro atoms. The summed E-state index contributed by atoms with van der Waals surface area (Å²) < 4.78 is 1.40. The molecular formula is C18H38N+. The van der Waals surface area contributed by atoms with E-state index >= 15 is 0 Å². The minimum atomic E-state index is 1.19. The average Bonchev–Trinajstić information content (AvgIpc) is 2.44. The Balaban J connectivity index is 4.42. The van der Waals surface area contributed by atoms with E-state index in [1.807, 2.05) is 0 Å². The van der Waals surface area contributed by atoms with Gasteiger partial charge in [0.2, 0.25) is 0 Å². The van der Waals surface area contributed by atoms with Crippen LogP contribution in [-0.4, -0.2) is 30.7 Å². The summed E-state index contributed by atoms with van der Waals surface area (Å²) in [6.45, 7) is 16.4. The third-order valence-electron chi connectivity index (χ3n) is 4.25. The van der Waals surface area contributed by atoms with Gasteiger partial charge >= 0.3 is 0 Å². The molecule has 0 aliphatic heterocycles. The number of unbranched alkanes of at least 4 members (excludes halogenated alkanes) is 5. The van der Waals surface area contributed by atoms with Crippen molar-refractivity contribution in [3.05, 3.63) is 12.7 Å². The van der Waals surface area contributed by atoms with E-state index in [1.165, 1.54) is 88.4 Å². The Morgan fingerprint density at radius 2 is 1.11 bits per heavy atom. The third kappa shape index (κ3) is 9.27. The second-order valence-electron chi connectivity index (χ2n) is 6.08. The van der Waals surface area contributed by atoms with Gasteiger partial charge < -0.3 is 4.48 Å². The molecule has 1 nitrogen and oxygen atoms in total. The van der Waals surface area contributed by atoms with Crippen LogP contribution in [0.3, 0.4) is 0 Å². The van der Waals surface area contributed by atoms with E-state index in [9.17, 15) is 0 Å². The van der Waals surface area contributed by atoms with Gasteiger partial charge in [-0.2, -0.15) is 0 Å². The Hall–Kier alpha value is -0.300. The van der Waals surface area contributed by atoms with Crippen molar-refractivity contribution in [1.29, 1.82) is 0 Å². The van der Waals surface area contributed by atoms with Gasteiger partial charge in [0, 0.05) is 0 Å². The molecule has 19 heavy (non-hydrogen) atoms. The van der Waals surface area contributed by atoms with Crippen molar-refractivity contribution < 1.29 is 4.48 Å².